The maximum atomic E-state index is 13.3. The van der Waals surface area contributed by atoms with Gasteiger partial charge in [0, 0.05) is 11.4 Å². The fourth-order valence-corrected chi connectivity index (χ4v) is 2.90. The topological polar surface area (TPSA) is 88.4 Å². The number of ketones is 1. The average molecular weight is 364 g/mol. The summed E-state index contributed by atoms with van der Waals surface area (Å²) in [5.74, 6) is -3.91. The molecule has 26 heavy (non-hydrogen) atoms. The number of carboxylic acid groups (broad SMARTS) is 1. The Morgan fingerprint density at radius 2 is 1.85 bits per heavy atom. The number of aromatic nitrogens is 1. The lowest BCUT2D eigenvalue weighted by Gasteiger charge is -2.09. The number of aryl methyl sites for hydroxylation is 1. The Bertz CT molecular complexity index is 903. The van der Waals surface area contributed by atoms with Crippen LogP contribution in [-0.2, 0) is 11.3 Å². The van der Waals surface area contributed by atoms with Gasteiger partial charge in [0.25, 0.3) is 11.7 Å². The van der Waals surface area contributed by atoms with E-state index in [-0.39, 0.29) is 29.1 Å². The highest BCUT2D eigenvalue weighted by atomic mass is 19.1. The molecule has 2 aromatic rings. The van der Waals surface area contributed by atoms with Crippen molar-refractivity contribution in [1.29, 1.82) is 0 Å². The highest BCUT2D eigenvalue weighted by molar-refractivity contribution is 6.40. The van der Waals surface area contributed by atoms with Gasteiger partial charge in [-0.3, -0.25) is 9.59 Å². The number of benzene rings is 1. The molecule has 1 aromatic carbocycles. The van der Waals surface area contributed by atoms with Crippen LogP contribution < -0.4 is 5.32 Å². The molecule has 138 valence electrons. The number of nitrogens with zero attached hydrogens (tertiary/aromatic N) is 1. The molecule has 0 saturated heterocycles. The van der Waals surface area contributed by atoms with Gasteiger partial charge in [0.15, 0.2) is 0 Å². The number of nitrogens with one attached hydrogen (secondary N) is 1. The quantitative estimate of drug-likeness (QED) is 0.609. The van der Waals surface area contributed by atoms with Crippen LogP contribution in [0.25, 0.3) is 0 Å². The lowest BCUT2D eigenvalue weighted by molar-refractivity contribution is -0.131. The second-order valence-electron chi connectivity index (χ2n) is 5.83. The standard InChI is InChI=1S/C18H18F2N2O4/c1-9-8-12(4-5-13(9)20)21-17(24)14-10(2)15(16(23)18(25)26)22(7-6-19)11(14)3/h4-5,8H,6-7H2,1-3H3,(H,21,24)(H,25,26). The predicted octanol–water partition coefficient (Wildman–Crippen LogP) is 3.04. The van der Waals surface area contributed by atoms with Crippen molar-refractivity contribution in [1.82, 2.24) is 4.57 Å². The van der Waals surface area contributed by atoms with Crippen LogP contribution in [0.1, 0.15) is 37.7 Å². The molecular weight excluding hydrogens is 346 g/mol. The minimum Gasteiger partial charge on any atom is -0.475 e. The van der Waals surface area contributed by atoms with E-state index in [0.717, 1.165) is 0 Å². The van der Waals surface area contributed by atoms with Crippen LogP contribution in [0, 0.1) is 26.6 Å². The Hall–Kier alpha value is -3.03. The molecule has 0 saturated carbocycles. The first-order valence-corrected chi connectivity index (χ1v) is 7.79. The van der Waals surface area contributed by atoms with Gasteiger partial charge in [-0.1, -0.05) is 0 Å². The summed E-state index contributed by atoms with van der Waals surface area (Å²) in [6.07, 6.45) is 0. The van der Waals surface area contributed by atoms with E-state index in [1.165, 1.54) is 36.6 Å². The molecule has 1 aromatic heterocycles. The molecule has 0 aliphatic heterocycles. The van der Waals surface area contributed by atoms with Crippen LogP contribution in [0.2, 0.25) is 0 Å². The zero-order valence-corrected chi connectivity index (χ0v) is 14.5. The van der Waals surface area contributed by atoms with E-state index in [1.54, 1.807) is 6.92 Å². The van der Waals surface area contributed by atoms with Crippen LogP contribution in [0.3, 0.4) is 0 Å². The van der Waals surface area contributed by atoms with Crippen molar-refractivity contribution >= 4 is 23.3 Å². The van der Waals surface area contributed by atoms with Crippen LogP contribution >= 0.6 is 0 Å². The van der Waals surface area contributed by atoms with Crippen LogP contribution in [-0.4, -0.2) is 34.0 Å². The van der Waals surface area contributed by atoms with Gasteiger partial charge in [0.05, 0.1) is 12.1 Å². The molecule has 8 heteroatoms. The van der Waals surface area contributed by atoms with Crippen LogP contribution in [0.4, 0.5) is 14.5 Å². The molecule has 0 radical (unpaired) electrons. The first-order chi connectivity index (χ1) is 12.2. The van der Waals surface area contributed by atoms with Crippen LogP contribution in [0.15, 0.2) is 18.2 Å². The number of aliphatic carboxylic acids is 1. The van der Waals surface area contributed by atoms with E-state index in [2.05, 4.69) is 5.32 Å². The van der Waals surface area contributed by atoms with Crippen molar-refractivity contribution in [2.45, 2.75) is 27.3 Å². The molecule has 0 unspecified atom stereocenters. The maximum Gasteiger partial charge on any atom is 0.378 e. The number of Topliss-reactive ketones (excluding diaryl/α,β-unsaturated/α-hetero) is 1. The first-order valence-electron chi connectivity index (χ1n) is 7.79. The number of halogens is 2. The van der Waals surface area contributed by atoms with Gasteiger partial charge in [-0.2, -0.15) is 0 Å². The number of amides is 1. The lowest BCUT2D eigenvalue weighted by atomic mass is 10.1. The van der Waals surface area contributed by atoms with E-state index in [1.807, 2.05) is 0 Å². The van der Waals surface area contributed by atoms with Gasteiger partial charge in [-0.05, 0) is 50.1 Å². The molecule has 0 aliphatic carbocycles. The number of rotatable bonds is 6. The SMILES string of the molecule is Cc1cc(NC(=O)c2c(C)c(C(=O)C(=O)O)n(CCF)c2C)ccc1F. The molecular formula is C18H18F2N2O4. The third kappa shape index (κ3) is 3.49. The Balaban J connectivity index is 2.49. The summed E-state index contributed by atoms with van der Waals surface area (Å²) < 4.78 is 27.4. The summed E-state index contributed by atoms with van der Waals surface area (Å²) in [6.45, 7) is 3.41. The van der Waals surface area contributed by atoms with E-state index >= 15 is 0 Å². The average Bonchev–Trinajstić information content (AvgIpc) is 2.81. The lowest BCUT2D eigenvalue weighted by Crippen LogP contribution is -2.19. The third-order valence-electron chi connectivity index (χ3n) is 4.13. The minimum atomic E-state index is -1.69. The number of hydrogen-bond acceptors (Lipinski definition) is 3. The van der Waals surface area contributed by atoms with Crippen molar-refractivity contribution in [3.05, 3.63) is 52.1 Å². The monoisotopic (exact) mass is 364 g/mol. The molecule has 0 spiro atoms. The van der Waals surface area contributed by atoms with Crippen molar-refractivity contribution in [3.8, 4) is 0 Å². The van der Waals surface area contributed by atoms with Crippen LogP contribution in [0.5, 0.6) is 0 Å². The summed E-state index contributed by atoms with van der Waals surface area (Å²) in [5, 5.41) is 11.6. The maximum absolute atomic E-state index is 13.3. The number of anilines is 1. The van der Waals surface area contributed by atoms with Gasteiger partial charge in [-0.15, -0.1) is 0 Å². The molecule has 6 nitrogen and oxygen atoms in total. The molecule has 1 amide bonds. The van der Waals surface area contributed by atoms with E-state index in [4.69, 9.17) is 5.11 Å². The summed E-state index contributed by atoms with van der Waals surface area (Å²) in [4.78, 5) is 35.7. The molecule has 0 atom stereocenters. The molecule has 0 bridgehead atoms. The fraction of sp³-hybridized carbons (Fsp3) is 0.278. The molecule has 1 heterocycles. The Kier molecular flexibility index (Phi) is 5.54. The molecule has 0 fully saturated rings. The summed E-state index contributed by atoms with van der Waals surface area (Å²) >= 11 is 0. The van der Waals surface area contributed by atoms with Gasteiger partial charge in [0.2, 0.25) is 0 Å². The summed E-state index contributed by atoms with van der Waals surface area (Å²) in [7, 11) is 0. The van der Waals surface area contributed by atoms with E-state index < -0.39 is 30.2 Å². The summed E-state index contributed by atoms with van der Waals surface area (Å²) in [6, 6.07) is 4.03. The molecule has 2 rings (SSSR count). The third-order valence-corrected chi connectivity index (χ3v) is 4.13. The second kappa shape index (κ2) is 7.47. The number of carbonyl (C=O) groups is 3. The number of alkyl halides is 1. The second-order valence-corrected chi connectivity index (χ2v) is 5.83. The normalized spacial score (nSPS) is 10.7. The van der Waals surface area contributed by atoms with Crippen molar-refractivity contribution in [2.75, 3.05) is 12.0 Å². The Morgan fingerprint density at radius 3 is 2.38 bits per heavy atom. The fourth-order valence-electron chi connectivity index (χ4n) is 2.90. The zero-order chi connectivity index (χ0) is 19.6. The first kappa shape index (κ1) is 19.3. The Morgan fingerprint density at radius 1 is 1.19 bits per heavy atom. The largest absolute Gasteiger partial charge is 0.475 e. The predicted molar refractivity (Wildman–Crippen MR) is 90.9 cm³/mol. The van der Waals surface area contributed by atoms with Gasteiger partial charge < -0.3 is 15.0 Å². The van der Waals surface area contributed by atoms with Crippen molar-refractivity contribution in [3.63, 3.8) is 0 Å². The molecule has 0 aliphatic rings. The number of carbonyl (C=O) groups excluding carboxylic acids is 2. The number of carboxylic acids is 1. The smallest absolute Gasteiger partial charge is 0.378 e. The molecule has 2 N–H and O–H groups in total. The van der Waals surface area contributed by atoms with Crippen molar-refractivity contribution in [2.24, 2.45) is 0 Å². The summed E-state index contributed by atoms with van der Waals surface area (Å²) in [5.41, 5.74) is 0.976. The van der Waals surface area contributed by atoms with Gasteiger partial charge in [-0.25, -0.2) is 13.6 Å². The number of hydrogen-bond donors (Lipinski definition) is 2. The van der Waals surface area contributed by atoms with Gasteiger partial charge >= 0.3 is 5.97 Å². The Labute approximate surface area is 148 Å². The highest BCUT2D eigenvalue weighted by Gasteiger charge is 2.29. The van der Waals surface area contributed by atoms with Crippen molar-refractivity contribution < 1.29 is 28.3 Å². The minimum absolute atomic E-state index is 0.0880. The van der Waals surface area contributed by atoms with E-state index in [9.17, 15) is 23.2 Å². The highest BCUT2D eigenvalue weighted by Crippen LogP contribution is 2.25. The zero-order valence-electron chi connectivity index (χ0n) is 14.5. The van der Waals surface area contributed by atoms with Gasteiger partial charge in [0.1, 0.15) is 18.2 Å². The van der Waals surface area contributed by atoms with E-state index in [0.29, 0.717) is 11.3 Å².